The van der Waals surface area contributed by atoms with Crippen LogP contribution in [-0.4, -0.2) is 146 Å². The third kappa shape index (κ3) is 21.5. The molecule has 0 saturated carbocycles. The Balaban J connectivity index is 1.75. The number of nitrogens with one attached hydrogen (secondary N) is 4. The van der Waals surface area contributed by atoms with Crippen LogP contribution in [0.15, 0.2) is 48.5 Å². The Morgan fingerprint density at radius 1 is 0.357 bits per heavy atom. The lowest BCUT2D eigenvalue weighted by Gasteiger charge is -2.26. The van der Waals surface area contributed by atoms with E-state index in [9.17, 15) is 58.8 Å². The maximum atomic E-state index is 13.6. The van der Waals surface area contributed by atoms with Crippen molar-refractivity contribution in [3.63, 3.8) is 0 Å². The molecule has 8 N–H and O–H groups in total. The van der Waals surface area contributed by atoms with Crippen LogP contribution >= 0.6 is 0 Å². The quantitative estimate of drug-likeness (QED) is 0.0389. The fourth-order valence-electron chi connectivity index (χ4n) is 9.27. The summed E-state index contributed by atoms with van der Waals surface area (Å²) in [4.78, 5) is 101. The van der Waals surface area contributed by atoms with Crippen molar-refractivity contribution in [2.24, 2.45) is 0 Å². The first-order valence-electron chi connectivity index (χ1n) is 27.8. The Hall–Kier alpha value is -8.32. The van der Waals surface area contributed by atoms with Crippen molar-refractivity contribution in [1.29, 1.82) is 0 Å². The van der Waals surface area contributed by atoms with E-state index in [4.69, 9.17) is 37.9 Å². The van der Waals surface area contributed by atoms with E-state index in [1.807, 2.05) is 27.7 Å². The molecule has 0 unspecified atom stereocenters. The molecule has 1 aliphatic heterocycles. The van der Waals surface area contributed by atoms with Crippen LogP contribution < -0.4 is 40.2 Å². The molecule has 4 aromatic carbocycles. The summed E-state index contributed by atoms with van der Waals surface area (Å²) < 4.78 is 50.4. The van der Waals surface area contributed by atoms with E-state index in [1.54, 1.807) is 48.5 Å². The van der Waals surface area contributed by atoms with Crippen molar-refractivity contribution in [3.8, 4) is 23.0 Å². The molecule has 2 aliphatic rings. The Morgan fingerprint density at radius 3 is 0.786 bits per heavy atom. The smallest absolute Gasteiger partial charge is 0.303 e. The minimum absolute atomic E-state index is 0.0133. The molecule has 454 valence electrons. The number of anilines is 4. The molecule has 0 aromatic heterocycles. The molecule has 0 saturated heterocycles. The molecule has 0 radical (unpaired) electrons. The second-order valence-electron chi connectivity index (χ2n) is 20.4. The zero-order valence-corrected chi connectivity index (χ0v) is 47.7. The van der Waals surface area contributed by atoms with E-state index in [0.29, 0.717) is 80.7 Å². The van der Waals surface area contributed by atoms with Gasteiger partial charge in [0, 0.05) is 119 Å². The first-order chi connectivity index (χ1) is 40.2. The average molecular weight is 1170 g/mol. The van der Waals surface area contributed by atoms with Gasteiger partial charge in [0.15, 0.2) is 0 Å². The number of rotatable bonds is 20. The maximum absolute atomic E-state index is 13.6. The molecule has 24 heteroatoms. The number of hydrogen-bond donors (Lipinski definition) is 8. The Labute approximate surface area is 485 Å². The zero-order valence-electron chi connectivity index (χ0n) is 47.7. The fraction of sp³-hybridized carbons (Fsp3) is 0.467. The van der Waals surface area contributed by atoms with Crippen LogP contribution in [0, 0.1) is 0 Å². The predicted molar refractivity (Wildman–Crippen MR) is 305 cm³/mol. The highest BCUT2D eigenvalue weighted by molar-refractivity contribution is 5.95. The van der Waals surface area contributed by atoms with Gasteiger partial charge in [-0.3, -0.25) is 38.4 Å². The molecule has 0 atom stereocenters. The molecule has 24 nitrogen and oxygen atoms in total. The Bertz CT molecular complexity index is 2720. The molecule has 84 heavy (non-hydrogen) atoms. The zero-order chi connectivity index (χ0) is 60.7. The van der Waals surface area contributed by atoms with Crippen LogP contribution in [-0.2, 0) is 83.0 Å². The first-order valence-corrected chi connectivity index (χ1v) is 27.8. The molecule has 4 amide bonds. The molecule has 10 bridgehead atoms. The van der Waals surface area contributed by atoms with Crippen LogP contribution in [0.2, 0.25) is 0 Å². The van der Waals surface area contributed by atoms with Crippen molar-refractivity contribution >= 4 is 70.3 Å². The van der Waals surface area contributed by atoms with E-state index in [-0.39, 0.29) is 127 Å². The minimum Gasteiger partial charge on any atom is -0.491 e. The SMILES string of the molecule is CC(C)Oc1c2cc(NC(=O)CCC(=O)O)cc1Cc1cc(NC(=O)CCC(=O)O)cc3c1OCCOCCOCCOCCOCCOc1c(cc(NC(=O)CCC(=O)O)cc1Cc1cc(NC(=O)CCC(=O)O)cc(c1OC(C)C)C3)C2. The monoisotopic (exact) mass is 1170 g/mol. The number of benzene rings is 4. The van der Waals surface area contributed by atoms with Crippen LogP contribution in [0.1, 0.15) is 124 Å². The van der Waals surface area contributed by atoms with Crippen LogP contribution in [0.5, 0.6) is 23.0 Å². The van der Waals surface area contributed by atoms with E-state index < -0.39 is 85.4 Å². The van der Waals surface area contributed by atoms with E-state index in [2.05, 4.69) is 21.3 Å². The summed E-state index contributed by atoms with van der Waals surface area (Å²) in [5, 5.41) is 49.5. The normalized spacial score (nSPS) is 14.2. The van der Waals surface area contributed by atoms with Gasteiger partial charge >= 0.3 is 23.9 Å². The van der Waals surface area contributed by atoms with Gasteiger partial charge in [0.1, 0.15) is 36.2 Å². The molecule has 1 aliphatic carbocycles. The van der Waals surface area contributed by atoms with Gasteiger partial charge in [-0.2, -0.15) is 0 Å². The second kappa shape index (κ2) is 32.5. The molecular formula is C60H74N4O20. The molecular weight excluding hydrogens is 1100 g/mol. The second-order valence-corrected chi connectivity index (χ2v) is 20.4. The lowest BCUT2D eigenvalue weighted by molar-refractivity contribution is -0.138. The average Bonchev–Trinajstić information content (AvgIpc) is 2.73. The summed E-state index contributed by atoms with van der Waals surface area (Å²) >= 11 is 0. The van der Waals surface area contributed by atoms with Gasteiger partial charge in [-0.25, -0.2) is 0 Å². The van der Waals surface area contributed by atoms with Crippen LogP contribution in [0.4, 0.5) is 22.7 Å². The molecule has 1 heterocycles. The van der Waals surface area contributed by atoms with Crippen molar-refractivity contribution in [2.75, 3.05) is 87.3 Å². The van der Waals surface area contributed by atoms with Gasteiger partial charge in [0.05, 0.1) is 90.7 Å². The number of amides is 4. The highest BCUT2D eigenvalue weighted by Crippen LogP contribution is 2.43. The molecule has 6 rings (SSSR count). The number of hydrogen-bond acceptors (Lipinski definition) is 16. The van der Waals surface area contributed by atoms with Crippen molar-refractivity contribution in [1.82, 2.24) is 0 Å². The highest BCUT2D eigenvalue weighted by atomic mass is 16.6. The summed E-state index contributed by atoms with van der Waals surface area (Å²) in [5.74, 6) is -5.80. The number of ether oxygens (including phenoxy) is 8. The summed E-state index contributed by atoms with van der Waals surface area (Å²) in [6.45, 7) is 8.96. The van der Waals surface area contributed by atoms with Crippen molar-refractivity contribution < 1.29 is 96.7 Å². The van der Waals surface area contributed by atoms with Crippen molar-refractivity contribution in [2.45, 2.75) is 117 Å². The number of carboxylic acids is 4. The number of fused-ring (bicyclic) bond motifs is 2. The number of carbonyl (C=O) groups excluding carboxylic acids is 4. The van der Waals surface area contributed by atoms with Gasteiger partial charge in [-0.05, 0) is 76.2 Å². The molecule has 0 spiro atoms. The third-order valence-electron chi connectivity index (χ3n) is 12.7. The third-order valence-corrected chi connectivity index (χ3v) is 12.7. The predicted octanol–water partition coefficient (Wildman–Crippen LogP) is 6.99. The minimum atomic E-state index is -1.18. The van der Waals surface area contributed by atoms with Gasteiger partial charge in [0.2, 0.25) is 23.6 Å². The van der Waals surface area contributed by atoms with Gasteiger partial charge in [-0.1, -0.05) is 0 Å². The van der Waals surface area contributed by atoms with Crippen molar-refractivity contribution in [3.05, 3.63) is 93.0 Å². The highest BCUT2D eigenvalue weighted by Gasteiger charge is 2.27. The van der Waals surface area contributed by atoms with Crippen LogP contribution in [0.3, 0.4) is 0 Å². The summed E-state index contributed by atoms with van der Waals surface area (Å²) in [7, 11) is 0. The molecule has 0 fully saturated rings. The Morgan fingerprint density at radius 2 is 0.571 bits per heavy atom. The maximum Gasteiger partial charge on any atom is 0.303 e. The summed E-state index contributed by atoms with van der Waals surface area (Å²) in [5.41, 5.74) is 4.71. The molecule has 4 aromatic rings. The summed E-state index contributed by atoms with van der Waals surface area (Å²) in [6.07, 6.45) is -4.40. The largest absolute Gasteiger partial charge is 0.491 e. The standard InChI is InChI=1S/C60H74N4O20/c1-35(2)83-59-41-23-37-27-45(61-49(65)5-9-53(69)70)29-39-25-43-33-48(64-52(68)8-12-56(75)76)34-44(60(43)84-36(3)4)26-40-30-46(62-50(66)6-10-54(71)72)28-38(24-42(59)32-47(31-41)63-51(67)7-11-55(73)74)58(40)82-22-20-80-18-16-78-14-13-77-15-17-79-19-21-81-57(37)39/h27-36H,5-26H2,1-4H3,(H,61,65)(H,62,66)(H,63,67)(H,64,68)(H,69,70)(H,71,72)(H,73,74)(H,75,76). The van der Waals surface area contributed by atoms with E-state index in [1.165, 1.54) is 0 Å². The van der Waals surface area contributed by atoms with Gasteiger partial charge in [-0.15, -0.1) is 0 Å². The number of aliphatic carboxylic acids is 4. The van der Waals surface area contributed by atoms with Gasteiger partial charge < -0.3 is 79.6 Å². The van der Waals surface area contributed by atoms with E-state index in [0.717, 1.165) is 0 Å². The summed E-state index contributed by atoms with van der Waals surface area (Å²) in [6, 6.07) is 13.4. The topological polar surface area (TPSA) is 339 Å². The fourth-order valence-corrected chi connectivity index (χ4v) is 9.27. The first kappa shape index (κ1) is 64.8. The lowest BCUT2D eigenvalue weighted by atomic mass is 9.90. The lowest BCUT2D eigenvalue weighted by Crippen LogP contribution is -2.18. The number of carboxylic acid groups (broad SMARTS) is 4. The van der Waals surface area contributed by atoms with E-state index >= 15 is 0 Å². The number of carbonyl (C=O) groups is 8. The van der Waals surface area contributed by atoms with Gasteiger partial charge in [0.25, 0.3) is 0 Å². The Kier molecular flexibility index (Phi) is 25.1. The van der Waals surface area contributed by atoms with Crippen LogP contribution in [0.25, 0.3) is 0 Å².